The van der Waals surface area contributed by atoms with Gasteiger partial charge >= 0.3 is 18.0 Å². The number of carbonyl (C=O) groups excluding carboxylic acids is 3. The van der Waals surface area contributed by atoms with Crippen LogP contribution in [0.5, 0.6) is 0 Å². The van der Waals surface area contributed by atoms with Crippen LogP contribution in [0.25, 0.3) is 0 Å². The van der Waals surface area contributed by atoms with Gasteiger partial charge < -0.3 is 19.5 Å². The first-order valence-corrected chi connectivity index (χ1v) is 14.5. The molecule has 0 aromatic rings. The molecule has 0 bridgehead atoms. The monoisotopic (exact) mass is 541 g/mol. The molecular weight excluding hydrogens is 482 g/mol. The van der Waals surface area contributed by atoms with Crippen molar-refractivity contribution >= 4 is 18.0 Å². The van der Waals surface area contributed by atoms with E-state index in [4.69, 9.17) is 14.2 Å². The van der Waals surface area contributed by atoms with E-state index in [9.17, 15) is 14.4 Å². The van der Waals surface area contributed by atoms with E-state index in [0.29, 0.717) is 19.3 Å². The van der Waals surface area contributed by atoms with E-state index < -0.39 is 22.7 Å². The highest BCUT2D eigenvalue weighted by Crippen LogP contribution is 2.47. The van der Waals surface area contributed by atoms with Crippen molar-refractivity contribution in [2.45, 2.75) is 152 Å². The predicted octanol–water partition coefficient (Wildman–Crippen LogP) is 7.99. The summed E-state index contributed by atoms with van der Waals surface area (Å²) in [7, 11) is 0. The molecule has 1 N–H and O–H groups in total. The molecule has 0 saturated carbocycles. The van der Waals surface area contributed by atoms with E-state index in [1.165, 1.54) is 0 Å². The van der Waals surface area contributed by atoms with Gasteiger partial charge in [-0.3, -0.25) is 9.59 Å². The Morgan fingerprint density at radius 1 is 0.711 bits per heavy atom. The topological polar surface area (TPSA) is 90.9 Å². The molecule has 1 amide bonds. The normalized spacial score (nSPS) is 14.4. The van der Waals surface area contributed by atoms with Gasteiger partial charge in [-0.2, -0.15) is 0 Å². The van der Waals surface area contributed by atoms with Gasteiger partial charge in [0.1, 0.15) is 17.8 Å². The molecule has 0 aliphatic heterocycles. The molecule has 1 unspecified atom stereocenters. The molecule has 0 aliphatic carbocycles. The van der Waals surface area contributed by atoms with Crippen molar-refractivity contribution in [3.63, 3.8) is 0 Å². The number of ether oxygens (including phenoxy) is 3. The molecule has 0 aliphatic rings. The van der Waals surface area contributed by atoms with Crippen LogP contribution in [0.3, 0.4) is 0 Å². The standard InChI is InChI=1S/C31H59NO6/c1-13-14-19-29(8,9)37-24(33)18-16-15-17-20-30(10,11)38-26(35)32-21-22-36-25(34)31(12,28(5,6)7)23-27(2,3)4/h13-23H2,1-12H3,(H,32,35). The van der Waals surface area contributed by atoms with Crippen LogP contribution >= 0.6 is 0 Å². The van der Waals surface area contributed by atoms with Crippen LogP contribution in [0.2, 0.25) is 0 Å². The summed E-state index contributed by atoms with van der Waals surface area (Å²) in [6.07, 6.45) is 6.70. The SMILES string of the molecule is CCCCC(C)(C)OC(=O)CCCCCC(C)(C)OC(=O)NCCOC(=O)C(C)(CC(C)(C)C)C(C)(C)C. The van der Waals surface area contributed by atoms with Crippen LogP contribution in [0.1, 0.15) is 141 Å². The molecule has 224 valence electrons. The molecule has 0 saturated heterocycles. The zero-order chi connectivity index (χ0) is 29.8. The Labute approximate surface area is 233 Å². The van der Waals surface area contributed by atoms with Crippen LogP contribution in [-0.4, -0.2) is 42.4 Å². The minimum Gasteiger partial charge on any atom is -0.463 e. The average Bonchev–Trinajstić information content (AvgIpc) is 2.72. The van der Waals surface area contributed by atoms with E-state index in [0.717, 1.165) is 38.5 Å². The Hall–Kier alpha value is -1.79. The number of unbranched alkanes of at least 4 members (excludes halogenated alkanes) is 3. The fourth-order valence-corrected chi connectivity index (χ4v) is 4.51. The van der Waals surface area contributed by atoms with Gasteiger partial charge in [-0.1, -0.05) is 61.3 Å². The summed E-state index contributed by atoms with van der Waals surface area (Å²) in [6, 6.07) is 0. The highest BCUT2D eigenvalue weighted by atomic mass is 16.6. The molecule has 1 atom stereocenters. The van der Waals surface area contributed by atoms with Gasteiger partial charge in [-0.05, 0) is 84.0 Å². The van der Waals surface area contributed by atoms with Gasteiger partial charge in [-0.15, -0.1) is 0 Å². The van der Waals surface area contributed by atoms with Crippen molar-refractivity contribution in [3.8, 4) is 0 Å². The second-order valence-electron chi connectivity index (χ2n) is 14.4. The molecule has 0 aromatic carbocycles. The van der Waals surface area contributed by atoms with E-state index in [1.807, 2.05) is 34.6 Å². The number of nitrogens with one attached hydrogen (secondary N) is 1. The lowest BCUT2D eigenvalue weighted by Crippen LogP contribution is -2.45. The third-order valence-electron chi connectivity index (χ3n) is 7.15. The zero-order valence-corrected chi connectivity index (χ0v) is 26.7. The number of hydrogen-bond donors (Lipinski definition) is 1. The second-order valence-corrected chi connectivity index (χ2v) is 14.4. The number of alkyl carbamates (subject to hydrolysis) is 1. The van der Waals surface area contributed by atoms with Crippen LogP contribution in [-0.2, 0) is 23.8 Å². The molecule has 38 heavy (non-hydrogen) atoms. The van der Waals surface area contributed by atoms with Crippen LogP contribution in [0.4, 0.5) is 4.79 Å². The van der Waals surface area contributed by atoms with Gasteiger partial charge in [0.05, 0.1) is 12.0 Å². The average molecular weight is 542 g/mol. The first-order valence-electron chi connectivity index (χ1n) is 14.5. The fourth-order valence-electron chi connectivity index (χ4n) is 4.51. The maximum Gasteiger partial charge on any atom is 0.407 e. The summed E-state index contributed by atoms with van der Waals surface area (Å²) in [6.45, 7) is 24.6. The lowest BCUT2D eigenvalue weighted by atomic mass is 9.61. The Balaban J connectivity index is 4.37. The summed E-state index contributed by atoms with van der Waals surface area (Å²) >= 11 is 0. The van der Waals surface area contributed by atoms with E-state index in [-0.39, 0.29) is 35.9 Å². The maximum atomic E-state index is 13.0. The third kappa shape index (κ3) is 15.0. The first kappa shape index (κ1) is 36.2. The van der Waals surface area contributed by atoms with Crippen molar-refractivity contribution in [2.24, 2.45) is 16.2 Å². The first-order chi connectivity index (χ1) is 17.1. The van der Waals surface area contributed by atoms with Gasteiger partial charge in [0.15, 0.2) is 0 Å². The van der Waals surface area contributed by atoms with Gasteiger partial charge in [0.25, 0.3) is 0 Å². The highest BCUT2D eigenvalue weighted by Gasteiger charge is 2.47. The maximum absolute atomic E-state index is 13.0. The molecule has 0 radical (unpaired) electrons. The van der Waals surface area contributed by atoms with Crippen molar-refractivity contribution in [1.29, 1.82) is 0 Å². The Kier molecular flexibility index (Phi) is 14.4. The summed E-state index contributed by atoms with van der Waals surface area (Å²) in [5.74, 6) is -0.397. The van der Waals surface area contributed by atoms with Crippen molar-refractivity contribution in [1.82, 2.24) is 5.32 Å². The summed E-state index contributed by atoms with van der Waals surface area (Å²) in [4.78, 5) is 37.4. The summed E-state index contributed by atoms with van der Waals surface area (Å²) in [5, 5.41) is 2.69. The lowest BCUT2D eigenvalue weighted by Gasteiger charge is -2.43. The largest absolute Gasteiger partial charge is 0.463 e. The predicted molar refractivity (Wildman–Crippen MR) is 154 cm³/mol. The van der Waals surface area contributed by atoms with Crippen LogP contribution < -0.4 is 5.32 Å². The Bertz CT molecular complexity index is 744. The number of esters is 2. The Morgan fingerprint density at radius 2 is 1.26 bits per heavy atom. The fraction of sp³-hybridized carbons (Fsp3) is 0.903. The zero-order valence-electron chi connectivity index (χ0n) is 26.7. The van der Waals surface area contributed by atoms with Crippen LogP contribution in [0, 0.1) is 16.2 Å². The molecule has 7 heteroatoms. The lowest BCUT2D eigenvalue weighted by molar-refractivity contribution is -0.164. The van der Waals surface area contributed by atoms with E-state index >= 15 is 0 Å². The summed E-state index contributed by atoms with van der Waals surface area (Å²) in [5.41, 5.74) is -1.98. The molecule has 0 rings (SSSR count). The van der Waals surface area contributed by atoms with Gasteiger partial charge in [0, 0.05) is 6.42 Å². The molecule has 0 spiro atoms. The van der Waals surface area contributed by atoms with E-state index in [1.54, 1.807) is 0 Å². The molecular formula is C31H59NO6. The minimum atomic E-state index is -0.643. The van der Waals surface area contributed by atoms with E-state index in [2.05, 4.69) is 53.8 Å². The van der Waals surface area contributed by atoms with Crippen molar-refractivity contribution in [3.05, 3.63) is 0 Å². The van der Waals surface area contributed by atoms with Crippen LogP contribution in [0.15, 0.2) is 0 Å². The Morgan fingerprint density at radius 3 is 1.79 bits per heavy atom. The molecule has 0 heterocycles. The number of carbonyl (C=O) groups is 3. The quantitative estimate of drug-likeness (QED) is 0.121. The number of rotatable bonds is 16. The minimum absolute atomic E-state index is 0.0246. The van der Waals surface area contributed by atoms with Gasteiger partial charge in [0.2, 0.25) is 0 Å². The van der Waals surface area contributed by atoms with Gasteiger partial charge in [-0.25, -0.2) is 4.79 Å². The number of amides is 1. The number of hydrogen-bond acceptors (Lipinski definition) is 6. The summed E-state index contributed by atoms with van der Waals surface area (Å²) < 4.78 is 16.8. The highest BCUT2D eigenvalue weighted by molar-refractivity contribution is 5.77. The smallest absolute Gasteiger partial charge is 0.407 e. The molecule has 0 fully saturated rings. The third-order valence-corrected chi connectivity index (χ3v) is 7.15. The second kappa shape index (κ2) is 15.1. The molecule has 0 aromatic heterocycles. The van der Waals surface area contributed by atoms with Crippen molar-refractivity contribution < 1.29 is 28.6 Å². The van der Waals surface area contributed by atoms with Crippen molar-refractivity contribution in [2.75, 3.05) is 13.2 Å². The molecule has 7 nitrogen and oxygen atoms in total.